The SMILES string of the molecule is CN1C(=O)c2cccc(C3CC3)c2[C@H]2C[C@@H]1c1nc3ccc(-c4ccc(P(C)(C)=O)c(F)c4)cc3n12. The summed E-state index contributed by atoms with van der Waals surface area (Å²) in [5.41, 5.74) is 6.76. The van der Waals surface area contributed by atoms with E-state index in [0.29, 0.717) is 5.92 Å². The van der Waals surface area contributed by atoms with Crippen molar-refractivity contribution in [2.75, 3.05) is 20.4 Å². The first-order chi connectivity index (χ1) is 17.2. The fourth-order valence-electron chi connectivity index (χ4n) is 6.20. The number of halogens is 1. The summed E-state index contributed by atoms with van der Waals surface area (Å²) in [6, 6.07) is 17.1. The van der Waals surface area contributed by atoms with Crippen molar-refractivity contribution < 1.29 is 13.8 Å². The van der Waals surface area contributed by atoms with Crippen molar-refractivity contribution in [3.05, 3.63) is 82.9 Å². The van der Waals surface area contributed by atoms with Crippen LogP contribution in [0.2, 0.25) is 0 Å². The highest BCUT2D eigenvalue weighted by Gasteiger charge is 2.45. The van der Waals surface area contributed by atoms with E-state index in [1.54, 1.807) is 19.4 Å². The zero-order valence-electron chi connectivity index (χ0n) is 20.5. The molecule has 0 spiro atoms. The Morgan fingerprint density at radius 2 is 1.75 bits per heavy atom. The fourth-order valence-corrected chi connectivity index (χ4v) is 7.21. The summed E-state index contributed by atoms with van der Waals surface area (Å²) in [6.07, 6.45) is 3.15. The first kappa shape index (κ1) is 22.0. The van der Waals surface area contributed by atoms with Gasteiger partial charge in [0.15, 0.2) is 0 Å². The lowest BCUT2D eigenvalue weighted by atomic mass is 9.91. The Morgan fingerprint density at radius 1 is 1.00 bits per heavy atom. The third-order valence-electron chi connectivity index (χ3n) is 8.14. The van der Waals surface area contributed by atoms with Crippen LogP contribution in [0.4, 0.5) is 4.39 Å². The molecule has 7 heteroatoms. The molecule has 3 aromatic carbocycles. The van der Waals surface area contributed by atoms with E-state index in [9.17, 15) is 13.8 Å². The van der Waals surface area contributed by atoms with E-state index >= 15 is 0 Å². The second-order valence-corrected chi connectivity index (χ2v) is 14.0. The summed E-state index contributed by atoms with van der Waals surface area (Å²) in [4.78, 5) is 20.3. The molecule has 5 nitrogen and oxygen atoms in total. The van der Waals surface area contributed by atoms with E-state index in [0.717, 1.165) is 45.5 Å². The predicted molar refractivity (Wildman–Crippen MR) is 140 cm³/mol. The first-order valence-corrected chi connectivity index (χ1v) is 15.1. The summed E-state index contributed by atoms with van der Waals surface area (Å²) in [5, 5.41) is 0.277. The molecule has 3 aliphatic rings. The van der Waals surface area contributed by atoms with Crippen molar-refractivity contribution in [1.29, 1.82) is 0 Å². The largest absolute Gasteiger partial charge is 0.331 e. The third-order valence-corrected chi connectivity index (χ3v) is 9.67. The summed E-state index contributed by atoms with van der Waals surface area (Å²) in [5.74, 6) is 1.07. The van der Waals surface area contributed by atoms with Gasteiger partial charge in [-0.05, 0) is 84.7 Å². The standard InChI is InChI=1S/C29H27FN3O2P/c1-32-25-15-24(27-19(16-7-8-16)5-4-6-20(27)29(32)34)33-23-14-18(9-11-22(23)31-28(25)33)17-10-12-26(21(30)13-17)36(2,3)35/h4-6,9-14,16,24-25H,7-8,15H2,1-3H3/t24-,25-/m1/s1. The Morgan fingerprint density at radius 3 is 2.47 bits per heavy atom. The lowest BCUT2D eigenvalue weighted by molar-refractivity contribution is 0.0734. The molecular formula is C29H27FN3O2P. The zero-order valence-corrected chi connectivity index (χ0v) is 21.4. The quantitative estimate of drug-likeness (QED) is 0.321. The number of nitrogens with zero attached hydrogens (tertiary/aromatic N) is 3. The fraction of sp³-hybridized carbons (Fsp3) is 0.310. The number of amides is 1. The Labute approximate surface area is 209 Å². The van der Waals surface area contributed by atoms with Crippen LogP contribution in [0.1, 0.15) is 64.6 Å². The molecule has 3 heterocycles. The van der Waals surface area contributed by atoms with Crippen LogP contribution in [0.5, 0.6) is 0 Å². The summed E-state index contributed by atoms with van der Waals surface area (Å²) < 4.78 is 29.6. The van der Waals surface area contributed by atoms with Crippen LogP contribution in [0, 0.1) is 5.82 Å². The van der Waals surface area contributed by atoms with E-state index < -0.39 is 13.0 Å². The van der Waals surface area contributed by atoms with Crippen molar-refractivity contribution >= 4 is 29.4 Å². The van der Waals surface area contributed by atoms with Gasteiger partial charge in [-0.25, -0.2) is 9.37 Å². The van der Waals surface area contributed by atoms with Gasteiger partial charge < -0.3 is 14.0 Å². The van der Waals surface area contributed by atoms with Crippen LogP contribution in [-0.2, 0) is 4.57 Å². The maximum absolute atomic E-state index is 14.9. The summed E-state index contributed by atoms with van der Waals surface area (Å²) in [6.45, 7) is 3.17. The average Bonchev–Trinajstić information content (AvgIpc) is 3.55. The van der Waals surface area contributed by atoms with Gasteiger partial charge >= 0.3 is 0 Å². The number of imidazole rings is 1. The van der Waals surface area contributed by atoms with Gasteiger partial charge in [0.1, 0.15) is 18.8 Å². The highest BCUT2D eigenvalue weighted by atomic mass is 31.2. The molecule has 4 aromatic rings. The number of rotatable bonds is 3. The maximum atomic E-state index is 14.9. The van der Waals surface area contributed by atoms with Crippen molar-refractivity contribution in [1.82, 2.24) is 14.5 Å². The molecule has 1 aliphatic carbocycles. The molecule has 0 N–H and O–H groups in total. The van der Waals surface area contributed by atoms with Crippen molar-refractivity contribution in [2.24, 2.45) is 0 Å². The second-order valence-electron chi connectivity index (χ2n) is 10.8. The third kappa shape index (κ3) is 3.10. The highest BCUT2D eigenvalue weighted by Crippen LogP contribution is 2.52. The number of hydrogen-bond donors (Lipinski definition) is 0. The van der Waals surface area contributed by atoms with Crippen LogP contribution < -0.4 is 5.30 Å². The number of benzene rings is 3. The van der Waals surface area contributed by atoms with E-state index in [1.807, 2.05) is 42.3 Å². The molecule has 0 radical (unpaired) electrons. The lowest BCUT2D eigenvalue weighted by Gasteiger charge is -2.25. The van der Waals surface area contributed by atoms with Gasteiger partial charge in [-0.15, -0.1) is 0 Å². The molecule has 36 heavy (non-hydrogen) atoms. The molecule has 1 amide bonds. The average molecular weight is 500 g/mol. The Bertz CT molecular complexity index is 1650. The smallest absolute Gasteiger partial charge is 0.254 e. The molecule has 2 bridgehead atoms. The van der Waals surface area contributed by atoms with Gasteiger partial charge in [0, 0.05) is 24.3 Å². The zero-order chi connectivity index (χ0) is 24.9. The van der Waals surface area contributed by atoms with Crippen LogP contribution in [0.3, 0.4) is 0 Å². The molecular weight excluding hydrogens is 472 g/mol. The van der Waals surface area contributed by atoms with Crippen LogP contribution >= 0.6 is 7.14 Å². The highest BCUT2D eigenvalue weighted by molar-refractivity contribution is 7.70. The van der Waals surface area contributed by atoms with Gasteiger partial charge in [-0.2, -0.15) is 0 Å². The van der Waals surface area contributed by atoms with Gasteiger partial charge in [0.2, 0.25) is 0 Å². The molecule has 7 rings (SSSR count). The van der Waals surface area contributed by atoms with Gasteiger partial charge in [-0.3, -0.25) is 4.79 Å². The monoisotopic (exact) mass is 499 g/mol. The van der Waals surface area contributed by atoms with E-state index in [1.165, 1.54) is 24.5 Å². The normalized spacial score (nSPS) is 21.0. The number of fused-ring (bicyclic) bond motifs is 9. The van der Waals surface area contributed by atoms with Crippen molar-refractivity contribution in [3.8, 4) is 11.1 Å². The van der Waals surface area contributed by atoms with E-state index in [-0.39, 0.29) is 23.3 Å². The van der Waals surface area contributed by atoms with Crippen LogP contribution in [0.25, 0.3) is 22.2 Å². The van der Waals surface area contributed by atoms with Crippen molar-refractivity contribution in [3.63, 3.8) is 0 Å². The topological polar surface area (TPSA) is 55.2 Å². The first-order valence-electron chi connectivity index (χ1n) is 12.5. The number of carbonyl (C=O) groups excluding carboxylic acids is 1. The second kappa shape index (κ2) is 7.39. The summed E-state index contributed by atoms with van der Waals surface area (Å²) >= 11 is 0. The number of carbonyl (C=O) groups is 1. The summed E-state index contributed by atoms with van der Waals surface area (Å²) in [7, 11) is -0.812. The minimum absolute atomic E-state index is 0.0381. The Kier molecular flexibility index (Phi) is 4.52. The molecule has 0 unspecified atom stereocenters. The Balaban J connectivity index is 1.42. The molecule has 2 atom stereocenters. The molecule has 2 aliphatic heterocycles. The van der Waals surface area contributed by atoms with E-state index in [2.05, 4.69) is 16.7 Å². The number of hydrogen-bond acceptors (Lipinski definition) is 3. The minimum Gasteiger partial charge on any atom is -0.331 e. The van der Waals surface area contributed by atoms with Gasteiger partial charge in [0.05, 0.1) is 23.1 Å². The molecule has 0 saturated heterocycles. The van der Waals surface area contributed by atoms with Gasteiger partial charge in [-0.1, -0.05) is 24.3 Å². The van der Waals surface area contributed by atoms with Crippen LogP contribution in [-0.4, -0.2) is 40.7 Å². The lowest BCUT2D eigenvalue weighted by Crippen LogP contribution is -2.30. The maximum Gasteiger partial charge on any atom is 0.254 e. The Hall–Kier alpha value is -3.24. The minimum atomic E-state index is -2.70. The number of aromatic nitrogens is 2. The van der Waals surface area contributed by atoms with Crippen LogP contribution in [0.15, 0.2) is 54.6 Å². The van der Waals surface area contributed by atoms with E-state index in [4.69, 9.17) is 4.98 Å². The molecule has 1 fully saturated rings. The molecule has 182 valence electrons. The molecule has 1 saturated carbocycles. The van der Waals surface area contributed by atoms with Crippen molar-refractivity contribution in [2.45, 2.75) is 37.3 Å². The molecule has 1 aromatic heterocycles. The predicted octanol–water partition coefficient (Wildman–Crippen LogP) is 6.09. The van der Waals surface area contributed by atoms with Gasteiger partial charge in [0.25, 0.3) is 5.91 Å².